The zero-order valence-electron chi connectivity index (χ0n) is 18.3. The highest BCUT2D eigenvalue weighted by molar-refractivity contribution is 9.10. The Hall–Kier alpha value is -2.65. The van der Waals surface area contributed by atoms with Crippen LogP contribution in [0.1, 0.15) is 21.4 Å². The Morgan fingerprint density at radius 3 is 2.53 bits per heavy atom. The van der Waals surface area contributed by atoms with Gasteiger partial charge in [0.05, 0.1) is 27.0 Å². The average Bonchev–Trinajstić information content (AvgIpc) is 3.45. The summed E-state index contributed by atoms with van der Waals surface area (Å²) in [7, 11) is 6.65. The monoisotopic (exact) mass is 517 g/mol. The Labute approximate surface area is 199 Å². The molecule has 4 rings (SSSR count). The van der Waals surface area contributed by atoms with Crippen LogP contribution < -0.4 is 14.2 Å². The Kier molecular flexibility index (Phi) is 6.66. The van der Waals surface area contributed by atoms with Gasteiger partial charge < -0.3 is 19.1 Å². The summed E-state index contributed by atoms with van der Waals surface area (Å²) >= 11 is 5.26. The zero-order chi connectivity index (χ0) is 22.8. The highest BCUT2D eigenvalue weighted by atomic mass is 79.9. The SMILES string of the molecule is COc1ccc(OC)c(-c2cc(C(=O)N3CCSC3c3cc(Br)ccc3OC)n(C)n2)c1. The van der Waals surface area contributed by atoms with E-state index in [9.17, 15) is 4.79 Å². The molecule has 1 aromatic heterocycles. The maximum Gasteiger partial charge on any atom is 0.273 e. The number of benzene rings is 2. The second-order valence-electron chi connectivity index (χ2n) is 7.21. The zero-order valence-corrected chi connectivity index (χ0v) is 20.7. The molecule has 1 saturated heterocycles. The van der Waals surface area contributed by atoms with Crippen molar-refractivity contribution in [2.75, 3.05) is 33.6 Å². The number of carbonyl (C=O) groups excluding carboxylic acids is 1. The minimum absolute atomic E-state index is 0.0786. The van der Waals surface area contributed by atoms with Crippen LogP contribution in [0.2, 0.25) is 0 Å². The van der Waals surface area contributed by atoms with E-state index < -0.39 is 0 Å². The lowest BCUT2D eigenvalue weighted by atomic mass is 10.1. The van der Waals surface area contributed by atoms with Crippen LogP contribution in [0, 0.1) is 0 Å². The highest BCUT2D eigenvalue weighted by Gasteiger charge is 2.34. The Morgan fingerprint density at radius 1 is 1.06 bits per heavy atom. The van der Waals surface area contributed by atoms with Crippen molar-refractivity contribution >= 4 is 33.6 Å². The topological polar surface area (TPSA) is 65.8 Å². The largest absolute Gasteiger partial charge is 0.497 e. The number of rotatable bonds is 6. The second-order valence-corrected chi connectivity index (χ2v) is 9.32. The van der Waals surface area contributed by atoms with Gasteiger partial charge in [0.25, 0.3) is 5.91 Å². The molecule has 0 spiro atoms. The van der Waals surface area contributed by atoms with Gasteiger partial charge in [-0.1, -0.05) is 15.9 Å². The number of nitrogens with zero attached hydrogens (tertiary/aromatic N) is 3. The van der Waals surface area contributed by atoms with Gasteiger partial charge in [0, 0.05) is 34.9 Å². The van der Waals surface area contributed by atoms with Crippen LogP contribution in [0.15, 0.2) is 46.9 Å². The first-order valence-electron chi connectivity index (χ1n) is 9.99. The van der Waals surface area contributed by atoms with Crippen LogP contribution in [0.4, 0.5) is 0 Å². The number of ether oxygens (including phenoxy) is 3. The van der Waals surface area contributed by atoms with Gasteiger partial charge in [-0.3, -0.25) is 9.48 Å². The summed E-state index contributed by atoms with van der Waals surface area (Å²) in [5.41, 5.74) is 2.89. The maximum atomic E-state index is 13.6. The number of hydrogen-bond acceptors (Lipinski definition) is 6. The normalized spacial score (nSPS) is 15.7. The van der Waals surface area contributed by atoms with Gasteiger partial charge in [0.1, 0.15) is 28.3 Å². The van der Waals surface area contributed by atoms with Crippen LogP contribution in [0.5, 0.6) is 17.2 Å². The molecule has 32 heavy (non-hydrogen) atoms. The first-order chi connectivity index (χ1) is 15.5. The van der Waals surface area contributed by atoms with E-state index in [0.717, 1.165) is 27.1 Å². The summed E-state index contributed by atoms with van der Waals surface area (Å²) in [6.07, 6.45) is 0. The van der Waals surface area contributed by atoms with E-state index in [2.05, 4.69) is 21.0 Å². The summed E-state index contributed by atoms with van der Waals surface area (Å²) in [4.78, 5) is 15.5. The van der Waals surface area contributed by atoms with Crippen LogP contribution in [-0.2, 0) is 7.05 Å². The standard InChI is InChI=1S/C23H24BrN3O4S/c1-26-19(13-18(25-26)16-12-15(29-2)6-8-20(16)30-3)22(28)27-9-10-32-23(27)17-11-14(24)5-7-21(17)31-4/h5-8,11-13,23H,9-10H2,1-4H3. The van der Waals surface area contributed by atoms with E-state index >= 15 is 0 Å². The van der Waals surface area contributed by atoms with E-state index in [1.165, 1.54) is 0 Å². The van der Waals surface area contributed by atoms with Crippen molar-refractivity contribution in [3.63, 3.8) is 0 Å². The molecule has 0 radical (unpaired) electrons. The molecular formula is C23H24BrN3O4S. The maximum absolute atomic E-state index is 13.6. The predicted molar refractivity (Wildman–Crippen MR) is 129 cm³/mol. The first-order valence-corrected chi connectivity index (χ1v) is 11.8. The fourth-order valence-corrected chi connectivity index (χ4v) is 5.44. The Morgan fingerprint density at radius 2 is 1.81 bits per heavy atom. The molecule has 3 aromatic rings. The number of aryl methyl sites for hydroxylation is 1. The van der Waals surface area contributed by atoms with E-state index in [0.29, 0.717) is 29.4 Å². The van der Waals surface area contributed by atoms with Crippen LogP contribution in [0.25, 0.3) is 11.3 Å². The fraction of sp³-hybridized carbons (Fsp3) is 0.304. The Bertz CT molecular complexity index is 1150. The van der Waals surface area contributed by atoms with Crippen molar-refractivity contribution < 1.29 is 19.0 Å². The number of aromatic nitrogens is 2. The lowest BCUT2D eigenvalue weighted by Crippen LogP contribution is -2.32. The number of thioether (sulfide) groups is 1. The van der Waals surface area contributed by atoms with Crippen LogP contribution in [-0.4, -0.2) is 54.2 Å². The van der Waals surface area contributed by atoms with Crippen LogP contribution in [0.3, 0.4) is 0 Å². The van der Waals surface area contributed by atoms with Crippen molar-refractivity contribution in [3.8, 4) is 28.5 Å². The summed E-state index contributed by atoms with van der Waals surface area (Å²) < 4.78 is 19.0. The van der Waals surface area contributed by atoms with Gasteiger partial charge >= 0.3 is 0 Å². The molecule has 1 amide bonds. The summed E-state index contributed by atoms with van der Waals surface area (Å²) in [5, 5.41) is 4.46. The molecule has 1 atom stereocenters. The number of hydrogen-bond donors (Lipinski definition) is 0. The fourth-order valence-electron chi connectivity index (χ4n) is 3.79. The first kappa shape index (κ1) is 22.5. The van der Waals surface area contributed by atoms with Gasteiger partial charge in [-0.05, 0) is 42.5 Å². The van der Waals surface area contributed by atoms with Crippen molar-refractivity contribution in [1.29, 1.82) is 0 Å². The van der Waals surface area contributed by atoms with Gasteiger partial charge in [0.15, 0.2) is 0 Å². The second kappa shape index (κ2) is 9.46. The minimum atomic E-state index is -0.139. The smallest absolute Gasteiger partial charge is 0.273 e. The van der Waals surface area contributed by atoms with Crippen molar-refractivity contribution in [3.05, 3.63) is 58.2 Å². The quantitative estimate of drug-likeness (QED) is 0.469. The molecule has 1 fully saturated rings. The molecule has 9 heteroatoms. The summed E-state index contributed by atoms with van der Waals surface area (Å²) in [6, 6.07) is 13.2. The predicted octanol–water partition coefficient (Wildman–Crippen LogP) is 4.76. The Balaban J connectivity index is 1.69. The molecule has 168 valence electrons. The minimum Gasteiger partial charge on any atom is -0.497 e. The molecule has 0 bridgehead atoms. The molecule has 0 aliphatic carbocycles. The molecule has 7 nitrogen and oxygen atoms in total. The third-order valence-corrected chi connectivity index (χ3v) is 7.13. The summed E-state index contributed by atoms with van der Waals surface area (Å²) in [5.74, 6) is 2.89. The van der Waals surface area contributed by atoms with Crippen LogP contribution >= 0.6 is 27.7 Å². The van der Waals surface area contributed by atoms with Gasteiger partial charge in [0.2, 0.25) is 0 Å². The number of halogens is 1. The molecular weight excluding hydrogens is 494 g/mol. The molecule has 1 aliphatic heterocycles. The number of methoxy groups -OCH3 is 3. The molecule has 0 saturated carbocycles. The van der Waals surface area contributed by atoms with Crippen molar-refractivity contribution in [1.82, 2.24) is 14.7 Å². The van der Waals surface area contributed by atoms with Gasteiger partial charge in [-0.25, -0.2) is 0 Å². The van der Waals surface area contributed by atoms with E-state index in [1.807, 2.05) is 41.3 Å². The lowest BCUT2D eigenvalue weighted by Gasteiger charge is -2.25. The van der Waals surface area contributed by atoms with E-state index in [4.69, 9.17) is 14.2 Å². The van der Waals surface area contributed by atoms with E-state index in [1.54, 1.807) is 50.9 Å². The number of amides is 1. The third-order valence-electron chi connectivity index (χ3n) is 5.39. The van der Waals surface area contributed by atoms with Gasteiger partial charge in [-0.2, -0.15) is 5.10 Å². The van der Waals surface area contributed by atoms with Gasteiger partial charge in [-0.15, -0.1) is 11.8 Å². The molecule has 2 heterocycles. The van der Waals surface area contributed by atoms with E-state index in [-0.39, 0.29) is 11.3 Å². The highest BCUT2D eigenvalue weighted by Crippen LogP contribution is 2.43. The molecule has 1 aliphatic rings. The molecule has 2 aromatic carbocycles. The summed E-state index contributed by atoms with van der Waals surface area (Å²) in [6.45, 7) is 0.646. The average molecular weight is 518 g/mol. The molecule has 1 unspecified atom stereocenters. The van der Waals surface area contributed by atoms with Crippen molar-refractivity contribution in [2.24, 2.45) is 7.05 Å². The third kappa shape index (κ3) is 4.19. The number of carbonyl (C=O) groups is 1. The van der Waals surface area contributed by atoms with Crippen molar-refractivity contribution in [2.45, 2.75) is 5.37 Å². The lowest BCUT2D eigenvalue weighted by molar-refractivity contribution is 0.0748. The molecule has 0 N–H and O–H groups in total.